The molecule has 0 aliphatic carbocycles. The summed E-state index contributed by atoms with van der Waals surface area (Å²) >= 11 is 0. The summed E-state index contributed by atoms with van der Waals surface area (Å²) < 4.78 is 7.05. The average Bonchev–Trinajstić information content (AvgIpc) is 2.33. The molecule has 0 saturated carbocycles. The van der Waals surface area contributed by atoms with Crippen molar-refractivity contribution >= 4 is 0 Å². The number of hydrogen-bond donors (Lipinski definition) is 1. The fourth-order valence-corrected chi connectivity index (χ4v) is 1.19. The molecule has 1 N–H and O–H groups in total. The van der Waals surface area contributed by atoms with Gasteiger partial charge in [0.2, 0.25) is 0 Å². The van der Waals surface area contributed by atoms with Gasteiger partial charge in [0.25, 0.3) is 0 Å². The van der Waals surface area contributed by atoms with Crippen LogP contribution >= 0.6 is 0 Å². The first-order valence-corrected chi connectivity index (χ1v) is 4.43. The summed E-state index contributed by atoms with van der Waals surface area (Å²) in [6.07, 6.45) is 0. The Hall–Kier alpha value is -0.940. The maximum Gasteiger partial charge on any atom is 0.146 e. The summed E-state index contributed by atoms with van der Waals surface area (Å²) in [5, 5.41) is 11.4. The number of ether oxygens (including phenoxy) is 1. The minimum Gasteiger partial charge on any atom is -0.378 e. The van der Waals surface area contributed by atoms with E-state index in [2.05, 4.69) is 15.5 Å². The normalized spacial score (nSPS) is 17.4. The van der Waals surface area contributed by atoms with Crippen molar-refractivity contribution in [3.63, 3.8) is 0 Å². The highest BCUT2D eigenvalue weighted by atomic mass is 16.5. The van der Waals surface area contributed by atoms with Gasteiger partial charge in [-0.3, -0.25) is 0 Å². The lowest BCUT2D eigenvalue weighted by molar-refractivity contribution is -0.00613. The van der Waals surface area contributed by atoms with Crippen LogP contribution in [0, 0.1) is 6.92 Å². The van der Waals surface area contributed by atoms with Crippen molar-refractivity contribution in [2.45, 2.75) is 19.5 Å². The van der Waals surface area contributed by atoms with Gasteiger partial charge in [0.15, 0.2) is 0 Å². The SMILES string of the molecule is Cc1nnc(CNC2COC2)n1C. The van der Waals surface area contributed by atoms with Crippen molar-refractivity contribution in [3.05, 3.63) is 11.6 Å². The van der Waals surface area contributed by atoms with Gasteiger partial charge in [-0.1, -0.05) is 0 Å². The number of nitrogens with zero attached hydrogens (tertiary/aromatic N) is 3. The van der Waals surface area contributed by atoms with Gasteiger partial charge >= 0.3 is 0 Å². The minimum atomic E-state index is 0.497. The Morgan fingerprint density at radius 1 is 1.54 bits per heavy atom. The monoisotopic (exact) mass is 182 g/mol. The van der Waals surface area contributed by atoms with Crippen molar-refractivity contribution in [2.75, 3.05) is 13.2 Å². The molecule has 1 aliphatic rings. The number of hydrogen-bond acceptors (Lipinski definition) is 4. The van der Waals surface area contributed by atoms with Gasteiger partial charge in [0.05, 0.1) is 25.8 Å². The highest BCUT2D eigenvalue weighted by Gasteiger charge is 2.18. The van der Waals surface area contributed by atoms with Crippen LogP contribution in [0.25, 0.3) is 0 Å². The molecule has 72 valence electrons. The highest BCUT2D eigenvalue weighted by Crippen LogP contribution is 2.02. The van der Waals surface area contributed by atoms with Gasteiger partial charge in [0, 0.05) is 7.05 Å². The van der Waals surface area contributed by atoms with Crippen LogP contribution in [-0.2, 0) is 18.3 Å². The molecule has 0 spiro atoms. The Kier molecular flexibility index (Phi) is 2.28. The molecule has 1 aromatic heterocycles. The predicted octanol–water partition coefficient (Wildman–Crippen LogP) is -0.388. The lowest BCUT2D eigenvalue weighted by atomic mass is 10.2. The van der Waals surface area contributed by atoms with E-state index in [4.69, 9.17) is 4.74 Å². The van der Waals surface area contributed by atoms with E-state index in [1.165, 1.54) is 0 Å². The second-order valence-electron chi connectivity index (χ2n) is 3.34. The Labute approximate surface area is 77.1 Å². The molecule has 13 heavy (non-hydrogen) atoms. The van der Waals surface area contributed by atoms with Crippen molar-refractivity contribution in [2.24, 2.45) is 7.05 Å². The van der Waals surface area contributed by atoms with Crippen LogP contribution < -0.4 is 5.32 Å². The van der Waals surface area contributed by atoms with Crippen molar-refractivity contribution in [1.82, 2.24) is 20.1 Å². The second kappa shape index (κ2) is 3.43. The molecule has 0 amide bonds. The third-order valence-electron chi connectivity index (χ3n) is 2.37. The van der Waals surface area contributed by atoms with Crippen molar-refractivity contribution < 1.29 is 4.74 Å². The summed E-state index contributed by atoms with van der Waals surface area (Å²) in [5.74, 6) is 1.92. The molecule has 1 fully saturated rings. The Morgan fingerprint density at radius 2 is 2.31 bits per heavy atom. The van der Waals surface area contributed by atoms with Gasteiger partial charge in [-0.2, -0.15) is 0 Å². The van der Waals surface area contributed by atoms with Crippen LogP contribution in [0.5, 0.6) is 0 Å². The predicted molar refractivity (Wildman–Crippen MR) is 47.2 cm³/mol. The van der Waals surface area contributed by atoms with Gasteiger partial charge < -0.3 is 14.6 Å². The molecule has 1 aromatic rings. The summed E-state index contributed by atoms with van der Waals surface area (Å²) in [7, 11) is 1.98. The molecular weight excluding hydrogens is 168 g/mol. The molecular formula is C8H14N4O. The fraction of sp³-hybridized carbons (Fsp3) is 0.750. The van der Waals surface area contributed by atoms with Gasteiger partial charge in [-0.25, -0.2) is 0 Å². The summed E-state index contributed by atoms with van der Waals surface area (Å²) in [6.45, 7) is 4.35. The Morgan fingerprint density at radius 3 is 2.77 bits per heavy atom. The minimum absolute atomic E-state index is 0.497. The molecule has 2 heterocycles. The molecule has 2 rings (SSSR count). The third kappa shape index (κ3) is 1.71. The molecule has 0 aromatic carbocycles. The van der Waals surface area contributed by atoms with E-state index in [1.54, 1.807) is 0 Å². The number of aryl methyl sites for hydroxylation is 1. The molecule has 0 bridgehead atoms. The first-order valence-electron chi connectivity index (χ1n) is 4.43. The summed E-state index contributed by atoms with van der Waals surface area (Å²) in [5.41, 5.74) is 0. The molecule has 0 atom stereocenters. The molecule has 0 unspecified atom stereocenters. The Balaban J connectivity index is 1.89. The highest BCUT2D eigenvalue weighted by molar-refractivity contribution is 4.92. The zero-order valence-electron chi connectivity index (χ0n) is 7.95. The topological polar surface area (TPSA) is 52.0 Å². The quantitative estimate of drug-likeness (QED) is 0.692. The van der Waals surface area contributed by atoms with Crippen LogP contribution in [-0.4, -0.2) is 34.0 Å². The van der Waals surface area contributed by atoms with E-state index < -0.39 is 0 Å². The lowest BCUT2D eigenvalue weighted by Gasteiger charge is -2.26. The number of rotatable bonds is 3. The second-order valence-corrected chi connectivity index (χ2v) is 3.34. The standard InChI is InChI=1S/C8H14N4O/c1-6-10-11-8(12(6)2)3-9-7-4-13-5-7/h7,9H,3-5H2,1-2H3. The summed E-state index contributed by atoms with van der Waals surface area (Å²) in [4.78, 5) is 0. The van der Waals surface area contributed by atoms with Crippen LogP contribution in [0.2, 0.25) is 0 Å². The number of aromatic nitrogens is 3. The van der Waals surface area contributed by atoms with Gasteiger partial charge in [0.1, 0.15) is 11.6 Å². The largest absolute Gasteiger partial charge is 0.378 e. The maximum absolute atomic E-state index is 5.05. The van der Waals surface area contributed by atoms with Gasteiger partial charge in [-0.05, 0) is 6.92 Å². The lowest BCUT2D eigenvalue weighted by Crippen LogP contribution is -2.45. The average molecular weight is 182 g/mol. The zero-order valence-corrected chi connectivity index (χ0v) is 7.95. The Bertz CT molecular complexity index is 292. The van der Waals surface area contributed by atoms with Crippen molar-refractivity contribution in [3.8, 4) is 0 Å². The molecule has 5 heteroatoms. The van der Waals surface area contributed by atoms with E-state index in [0.717, 1.165) is 31.4 Å². The fourth-order valence-electron chi connectivity index (χ4n) is 1.19. The third-order valence-corrected chi connectivity index (χ3v) is 2.37. The molecule has 5 nitrogen and oxygen atoms in total. The van der Waals surface area contributed by atoms with E-state index >= 15 is 0 Å². The number of nitrogens with one attached hydrogen (secondary N) is 1. The first-order chi connectivity index (χ1) is 6.27. The van der Waals surface area contributed by atoms with Gasteiger partial charge in [-0.15, -0.1) is 10.2 Å². The molecule has 1 aliphatic heterocycles. The smallest absolute Gasteiger partial charge is 0.146 e. The zero-order chi connectivity index (χ0) is 9.26. The van der Waals surface area contributed by atoms with Crippen LogP contribution in [0.15, 0.2) is 0 Å². The van der Waals surface area contributed by atoms with Crippen LogP contribution in [0.1, 0.15) is 11.6 Å². The van der Waals surface area contributed by atoms with E-state index in [-0.39, 0.29) is 0 Å². The van der Waals surface area contributed by atoms with E-state index in [1.807, 2.05) is 18.5 Å². The van der Waals surface area contributed by atoms with Crippen LogP contribution in [0.3, 0.4) is 0 Å². The van der Waals surface area contributed by atoms with Crippen molar-refractivity contribution in [1.29, 1.82) is 0 Å². The first kappa shape index (κ1) is 8.65. The molecule has 0 radical (unpaired) electrons. The molecule has 1 saturated heterocycles. The van der Waals surface area contributed by atoms with E-state index in [0.29, 0.717) is 6.04 Å². The summed E-state index contributed by atoms with van der Waals surface area (Å²) in [6, 6.07) is 0.497. The maximum atomic E-state index is 5.05. The van der Waals surface area contributed by atoms with Crippen LogP contribution in [0.4, 0.5) is 0 Å². The van der Waals surface area contributed by atoms with E-state index in [9.17, 15) is 0 Å².